The molecule has 0 aromatic rings. The minimum absolute atomic E-state index is 0.0146. The Morgan fingerprint density at radius 2 is 1.70 bits per heavy atom. The fourth-order valence-electron chi connectivity index (χ4n) is 1.95. The van der Waals surface area contributed by atoms with Gasteiger partial charge in [0.15, 0.2) is 9.84 Å². The second-order valence-corrected chi connectivity index (χ2v) is 8.26. The van der Waals surface area contributed by atoms with Gasteiger partial charge < -0.3 is 4.74 Å². The molecule has 0 heterocycles. The van der Waals surface area contributed by atoms with Crippen LogP contribution in [-0.2, 0) is 19.4 Å². The first-order chi connectivity index (χ1) is 9.27. The summed E-state index contributed by atoms with van der Waals surface area (Å²) in [5.41, 5.74) is 0. The van der Waals surface area contributed by atoms with E-state index >= 15 is 0 Å². The highest BCUT2D eigenvalue weighted by Crippen LogP contribution is 2.16. The number of sulfone groups is 1. The summed E-state index contributed by atoms with van der Waals surface area (Å²) in [5, 5.41) is -0.594. The Morgan fingerprint density at radius 1 is 1.10 bits per heavy atom. The molecular formula is C15H30O4S. The molecule has 0 saturated carbocycles. The highest BCUT2D eigenvalue weighted by molar-refractivity contribution is 7.91. The molecule has 0 radical (unpaired) electrons. The Balaban J connectivity index is 4.20. The van der Waals surface area contributed by atoms with Crippen LogP contribution in [-0.4, -0.2) is 32.5 Å². The molecule has 4 nitrogen and oxygen atoms in total. The summed E-state index contributed by atoms with van der Waals surface area (Å²) < 4.78 is 28.5. The molecule has 1 unspecified atom stereocenters. The molecule has 0 aromatic carbocycles. The number of hydrogen-bond donors (Lipinski definition) is 0. The summed E-state index contributed by atoms with van der Waals surface area (Å²) in [4.78, 5) is 11.7. The van der Waals surface area contributed by atoms with E-state index in [1.807, 2.05) is 13.8 Å². The van der Waals surface area contributed by atoms with E-state index in [0.717, 1.165) is 25.7 Å². The molecule has 0 bridgehead atoms. The van der Waals surface area contributed by atoms with Crippen LogP contribution in [0.15, 0.2) is 0 Å². The SMILES string of the molecule is CCCCCCCC(CC(=O)OCC(C)C)S(C)(=O)=O. The molecule has 0 rings (SSSR count). The van der Waals surface area contributed by atoms with Crippen molar-refractivity contribution < 1.29 is 17.9 Å². The van der Waals surface area contributed by atoms with Gasteiger partial charge in [0.2, 0.25) is 0 Å². The predicted molar refractivity (Wildman–Crippen MR) is 82.4 cm³/mol. The average Bonchev–Trinajstić information content (AvgIpc) is 2.33. The second-order valence-electron chi connectivity index (χ2n) is 5.94. The number of hydrogen-bond acceptors (Lipinski definition) is 4. The third kappa shape index (κ3) is 10.2. The molecule has 5 heteroatoms. The molecule has 20 heavy (non-hydrogen) atoms. The van der Waals surface area contributed by atoms with Gasteiger partial charge in [-0.05, 0) is 12.3 Å². The maximum Gasteiger partial charge on any atom is 0.307 e. The van der Waals surface area contributed by atoms with Crippen LogP contribution in [0, 0.1) is 5.92 Å². The first-order valence-corrected chi connectivity index (χ1v) is 9.57. The van der Waals surface area contributed by atoms with Gasteiger partial charge in [-0.2, -0.15) is 0 Å². The third-order valence-corrected chi connectivity index (χ3v) is 4.82. The van der Waals surface area contributed by atoms with Crippen molar-refractivity contribution in [3.05, 3.63) is 0 Å². The zero-order valence-corrected chi connectivity index (χ0v) is 14.2. The topological polar surface area (TPSA) is 60.4 Å². The Bertz CT molecular complexity index is 360. The number of ether oxygens (including phenoxy) is 1. The molecule has 0 aliphatic rings. The molecule has 120 valence electrons. The predicted octanol–water partition coefficient (Wildman–Crippen LogP) is 3.35. The molecule has 1 atom stereocenters. The molecule has 0 amide bonds. The van der Waals surface area contributed by atoms with Crippen molar-refractivity contribution in [2.75, 3.05) is 12.9 Å². The minimum Gasteiger partial charge on any atom is -0.465 e. The number of unbranched alkanes of at least 4 members (excludes halogenated alkanes) is 4. The lowest BCUT2D eigenvalue weighted by Gasteiger charge is -2.15. The number of carbonyl (C=O) groups excluding carboxylic acids is 1. The summed E-state index contributed by atoms with van der Waals surface area (Å²) in [6.45, 7) is 6.40. The van der Waals surface area contributed by atoms with E-state index in [1.54, 1.807) is 0 Å². The Kier molecular flexibility index (Phi) is 9.90. The van der Waals surface area contributed by atoms with Crippen LogP contribution < -0.4 is 0 Å². The summed E-state index contributed by atoms with van der Waals surface area (Å²) >= 11 is 0. The van der Waals surface area contributed by atoms with E-state index in [9.17, 15) is 13.2 Å². The van der Waals surface area contributed by atoms with Crippen molar-refractivity contribution >= 4 is 15.8 Å². The Labute approximate surface area is 124 Å². The van der Waals surface area contributed by atoms with Gasteiger partial charge in [0.1, 0.15) is 0 Å². The fourth-order valence-corrected chi connectivity index (χ4v) is 2.98. The largest absolute Gasteiger partial charge is 0.465 e. The van der Waals surface area contributed by atoms with E-state index < -0.39 is 21.1 Å². The molecule has 0 N–H and O–H groups in total. The molecule has 0 aliphatic heterocycles. The normalized spacial score (nSPS) is 13.4. The van der Waals surface area contributed by atoms with Crippen LogP contribution in [0.25, 0.3) is 0 Å². The number of esters is 1. The van der Waals surface area contributed by atoms with E-state index in [0.29, 0.717) is 13.0 Å². The molecule has 0 fully saturated rings. The summed E-state index contributed by atoms with van der Waals surface area (Å²) in [7, 11) is -3.19. The first kappa shape index (κ1) is 19.4. The van der Waals surface area contributed by atoms with Crippen molar-refractivity contribution in [2.45, 2.75) is 71.0 Å². The van der Waals surface area contributed by atoms with Crippen molar-refractivity contribution in [2.24, 2.45) is 5.92 Å². The average molecular weight is 306 g/mol. The van der Waals surface area contributed by atoms with Gasteiger partial charge in [0, 0.05) is 6.26 Å². The van der Waals surface area contributed by atoms with Gasteiger partial charge >= 0.3 is 5.97 Å². The van der Waals surface area contributed by atoms with Crippen molar-refractivity contribution in [1.82, 2.24) is 0 Å². The van der Waals surface area contributed by atoms with Gasteiger partial charge in [-0.1, -0.05) is 52.9 Å². The van der Waals surface area contributed by atoms with Crippen LogP contribution in [0.1, 0.15) is 65.7 Å². The summed E-state index contributed by atoms with van der Waals surface area (Å²) in [6, 6.07) is 0. The molecule has 0 aromatic heterocycles. The lowest BCUT2D eigenvalue weighted by molar-refractivity contribution is -0.144. The smallest absolute Gasteiger partial charge is 0.307 e. The lowest BCUT2D eigenvalue weighted by Crippen LogP contribution is -2.25. The van der Waals surface area contributed by atoms with E-state index in [-0.39, 0.29) is 12.3 Å². The second kappa shape index (κ2) is 10.2. The maximum atomic E-state index is 11.7. The molecule has 0 saturated heterocycles. The van der Waals surface area contributed by atoms with Crippen LogP contribution in [0.3, 0.4) is 0 Å². The zero-order chi connectivity index (χ0) is 15.6. The van der Waals surface area contributed by atoms with Gasteiger partial charge in [0.25, 0.3) is 0 Å². The van der Waals surface area contributed by atoms with Gasteiger partial charge in [0.05, 0.1) is 18.3 Å². The van der Waals surface area contributed by atoms with Crippen LogP contribution in [0.4, 0.5) is 0 Å². The molecule has 0 aliphatic carbocycles. The standard InChI is InChI=1S/C15H30O4S/c1-5-6-7-8-9-10-14(20(4,17)18)11-15(16)19-12-13(2)3/h13-14H,5-12H2,1-4H3. The summed E-state index contributed by atoms with van der Waals surface area (Å²) in [5.74, 6) is -0.132. The third-order valence-electron chi connectivity index (χ3n) is 3.21. The fraction of sp³-hybridized carbons (Fsp3) is 0.933. The Hall–Kier alpha value is -0.580. The highest BCUT2D eigenvalue weighted by Gasteiger charge is 2.24. The van der Waals surface area contributed by atoms with Crippen molar-refractivity contribution in [1.29, 1.82) is 0 Å². The van der Waals surface area contributed by atoms with E-state index in [4.69, 9.17) is 4.74 Å². The van der Waals surface area contributed by atoms with Gasteiger partial charge in [-0.3, -0.25) is 4.79 Å². The maximum absolute atomic E-state index is 11.7. The zero-order valence-electron chi connectivity index (χ0n) is 13.4. The number of carbonyl (C=O) groups is 1. The lowest BCUT2D eigenvalue weighted by atomic mass is 10.1. The van der Waals surface area contributed by atoms with Crippen molar-refractivity contribution in [3.8, 4) is 0 Å². The van der Waals surface area contributed by atoms with Crippen LogP contribution in [0.2, 0.25) is 0 Å². The minimum atomic E-state index is -3.19. The number of rotatable bonds is 11. The molecule has 0 spiro atoms. The van der Waals surface area contributed by atoms with Crippen LogP contribution in [0.5, 0.6) is 0 Å². The summed E-state index contributed by atoms with van der Waals surface area (Å²) in [6.07, 6.45) is 7.11. The van der Waals surface area contributed by atoms with E-state index in [1.165, 1.54) is 12.7 Å². The first-order valence-electron chi connectivity index (χ1n) is 7.61. The highest BCUT2D eigenvalue weighted by atomic mass is 32.2. The Morgan fingerprint density at radius 3 is 2.20 bits per heavy atom. The molecular weight excluding hydrogens is 276 g/mol. The van der Waals surface area contributed by atoms with Crippen molar-refractivity contribution in [3.63, 3.8) is 0 Å². The van der Waals surface area contributed by atoms with E-state index in [2.05, 4.69) is 6.92 Å². The van der Waals surface area contributed by atoms with Gasteiger partial charge in [-0.15, -0.1) is 0 Å². The quantitative estimate of drug-likeness (QED) is 0.434. The van der Waals surface area contributed by atoms with Crippen LogP contribution >= 0.6 is 0 Å². The monoisotopic (exact) mass is 306 g/mol. The van der Waals surface area contributed by atoms with Gasteiger partial charge in [-0.25, -0.2) is 8.42 Å².